The van der Waals surface area contributed by atoms with Crippen LogP contribution in [-0.2, 0) is 4.79 Å². The Labute approximate surface area is 150 Å². The molecule has 1 aromatic carbocycles. The van der Waals surface area contributed by atoms with Gasteiger partial charge in [0.15, 0.2) is 0 Å². The number of carbonyl (C=O) groups excluding carboxylic acids is 1. The lowest BCUT2D eigenvalue weighted by Crippen LogP contribution is -2.52. The summed E-state index contributed by atoms with van der Waals surface area (Å²) in [4.78, 5) is 23.8. The molecule has 2 N–H and O–H groups in total. The maximum atomic E-state index is 12.5. The van der Waals surface area contributed by atoms with Gasteiger partial charge in [-0.3, -0.25) is 9.59 Å². The van der Waals surface area contributed by atoms with Crippen LogP contribution < -0.4 is 15.6 Å². The van der Waals surface area contributed by atoms with E-state index in [1.807, 2.05) is 0 Å². The summed E-state index contributed by atoms with van der Waals surface area (Å²) in [5, 5.41) is 22.7. The second-order valence-electron chi connectivity index (χ2n) is 6.80. The van der Waals surface area contributed by atoms with Crippen LogP contribution in [0.5, 0.6) is 5.75 Å². The molecule has 1 amide bonds. The standard InChI is InChI=1S/C19H19N3O4/c1-11(23)21-13-5-7-16(24)22(10-13)17-14-8-12(9-20)4-6-15(14)26-19(2,3)18(17)25/h4-8,10,17-18,25H,1-3H3,(H,21,23)/t17-,18+/m1/s1. The molecule has 2 heterocycles. The molecule has 26 heavy (non-hydrogen) atoms. The van der Waals surface area contributed by atoms with E-state index >= 15 is 0 Å². The van der Waals surface area contributed by atoms with E-state index in [0.717, 1.165) is 0 Å². The van der Waals surface area contributed by atoms with Crippen molar-refractivity contribution in [3.8, 4) is 11.8 Å². The Morgan fingerprint density at radius 3 is 2.73 bits per heavy atom. The number of pyridine rings is 1. The van der Waals surface area contributed by atoms with Crippen molar-refractivity contribution < 1.29 is 14.6 Å². The highest BCUT2D eigenvalue weighted by Gasteiger charge is 2.44. The Bertz CT molecular complexity index is 971. The van der Waals surface area contributed by atoms with E-state index in [-0.39, 0.29) is 11.5 Å². The van der Waals surface area contributed by atoms with Crippen LogP contribution in [0.2, 0.25) is 0 Å². The highest BCUT2D eigenvalue weighted by molar-refractivity contribution is 5.88. The lowest BCUT2D eigenvalue weighted by atomic mass is 9.85. The fourth-order valence-electron chi connectivity index (χ4n) is 3.14. The van der Waals surface area contributed by atoms with Crippen molar-refractivity contribution in [2.24, 2.45) is 0 Å². The number of carbonyl (C=O) groups is 1. The molecule has 1 aromatic heterocycles. The van der Waals surface area contributed by atoms with Gasteiger partial charge in [0.2, 0.25) is 5.91 Å². The number of hydrogen-bond acceptors (Lipinski definition) is 5. The van der Waals surface area contributed by atoms with Crippen molar-refractivity contribution in [2.45, 2.75) is 38.5 Å². The van der Waals surface area contributed by atoms with E-state index in [4.69, 9.17) is 4.74 Å². The van der Waals surface area contributed by atoms with Gasteiger partial charge in [-0.1, -0.05) is 0 Å². The van der Waals surface area contributed by atoms with Crippen LogP contribution in [0.1, 0.15) is 37.9 Å². The van der Waals surface area contributed by atoms with Gasteiger partial charge in [0, 0.05) is 24.8 Å². The number of nitrogens with zero attached hydrogens (tertiary/aromatic N) is 2. The highest BCUT2D eigenvalue weighted by Crippen LogP contribution is 2.41. The van der Waals surface area contributed by atoms with Gasteiger partial charge in [-0.2, -0.15) is 5.26 Å². The Morgan fingerprint density at radius 1 is 1.35 bits per heavy atom. The minimum absolute atomic E-state index is 0.268. The van der Waals surface area contributed by atoms with Crippen LogP contribution in [0, 0.1) is 11.3 Å². The molecule has 134 valence electrons. The summed E-state index contributed by atoms with van der Waals surface area (Å²) in [5.41, 5.74) is 0.0870. The second kappa shape index (κ2) is 6.32. The fourth-order valence-corrected chi connectivity index (χ4v) is 3.14. The molecular formula is C19H19N3O4. The van der Waals surface area contributed by atoms with Gasteiger partial charge < -0.3 is 19.7 Å². The predicted molar refractivity (Wildman–Crippen MR) is 95.0 cm³/mol. The summed E-state index contributed by atoms with van der Waals surface area (Å²) in [5.74, 6) is 0.233. The van der Waals surface area contributed by atoms with E-state index < -0.39 is 17.7 Å². The molecule has 0 aliphatic carbocycles. The van der Waals surface area contributed by atoms with E-state index in [9.17, 15) is 20.0 Å². The SMILES string of the molecule is CC(=O)Nc1ccc(=O)n([C@@H]2c3cc(C#N)ccc3OC(C)(C)[C@H]2O)c1. The molecule has 7 nitrogen and oxygen atoms in total. The van der Waals surface area contributed by atoms with Crippen molar-refractivity contribution >= 4 is 11.6 Å². The third-order valence-electron chi connectivity index (χ3n) is 4.40. The molecule has 1 aliphatic heterocycles. The molecule has 0 bridgehead atoms. The van der Waals surface area contributed by atoms with Crippen LogP contribution >= 0.6 is 0 Å². The van der Waals surface area contributed by atoms with Crippen LogP contribution in [0.15, 0.2) is 41.3 Å². The summed E-state index contributed by atoms with van der Waals surface area (Å²) < 4.78 is 7.23. The molecule has 2 atom stereocenters. The quantitative estimate of drug-likeness (QED) is 0.857. The number of anilines is 1. The van der Waals surface area contributed by atoms with Crippen LogP contribution in [0.4, 0.5) is 5.69 Å². The second-order valence-corrected chi connectivity index (χ2v) is 6.80. The number of benzene rings is 1. The van der Waals surface area contributed by atoms with Gasteiger partial charge in [0.05, 0.1) is 23.4 Å². The zero-order chi connectivity index (χ0) is 19.1. The molecule has 1 aliphatic rings. The fraction of sp³-hybridized carbons (Fsp3) is 0.316. The molecule has 0 spiro atoms. The predicted octanol–water partition coefficient (Wildman–Crippen LogP) is 1.80. The van der Waals surface area contributed by atoms with Crippen molar-refractivity contribution in [3.63, 3.8) is 0 Å². The molecular weight excluding hydrogens is 334 g/mol. The third-order valence-corrected chi connectivity index (χ3v) is 4.40. The van der Waals surface area contributed by atoms with Crippen LogP contribution in [0.3, 0.4) is 0 Å². The Morgan fingerprint density at radius 2 is 2.08 bits per heavy atom. The van der Waals surface area contributed by atoms with Crippen molar-refractivity contribution in [3.05, 3.63) is 58.0 Å². The smallest absolute Gasteiger partial charge is 0.251 e. The highest BCUT2D eigenvalue weighted by atomic mass is 16.5. The molecule has 7 heteroatoms. The first kappa shape index (κ1) is 17.7. The zero-order valence-electron chi connectivity index (χ0n) is 14.7. The summed E-state index contributed by atoms with van der Waals surface area (Å²) >= 11 is 0. The summed E-state index contributed by atoms with van der Waals surface area (Å²) in [6.07, 6.45) is 0.441. The molecule has 0 unspecified atom stereocenters. The summed E-state index contributed by atoms with van der Waals surface area (Å²) in [6, 6.07) is 9.02. The topological polar surface area (TPSA) is 104 Å². The number of aliphatic hydroxyl groups is 1. The van der Waals surface area contributed by atoms with E-state index in [2.05, 4.69) is 11.4 Å². The molecule has 0 saturated heterocycles. The average molecular weight is 353 g/mol. The number of aromatic nitrogens is 1. The first-order valence-corrected chi connectivity index (χ1v) is 8.14. The number of nitrogens with one attached hydrogen (secondary N) is 1. The monoisotopic (exact) mass is 353 g/mol. The normalized spacial score (nSPS) is 20.4. The van der Waals surface area contributed by atoms with Crippen molar-refractivity contribution in [1.29, 1.82) is 5.26 Å². The lowest BCUT2D eigenvalue weighted by molar-refractivity contribution is -0.114. The molecule has 0 radical (unpaired) electrons. The maximum Gasteiger partial charge on any atom is 0.251 e. The number of hydrogen-bond donors (Lipinski definition) is 2. The molecule has 0 fully saturated rings. The molecule has 2 aromatic rings. The van der Waals surface area contributed by atoms with Crippen LogP contribution in [0.25, 0.3) is 0 Å². The Balaban J connectivity index is 2.22. The van der Waals surface area contributed by atoms with Crippen LogP contribution in [-0.4, -0.2) is 27.3 Å². The minimum atomic E-state index is -1.05. The molecule has 3 rings (SSSR count). The van der Waals surface area contributed by atoms with Crippen molar-refractivity contribution in [2.75, 3.05) is 5.32 Å². The van der Waals surface area contributed by atoms with E-state index in [1.165, 1.54) is 29.8 Å². The lowest BCUT2D eigenvalue weighted by Gasteiger charge is -2.42. The van der Waals surface area contributed by atoms with Gasteiger partial charge in [-0.05, 0) is 38.1 Å². The summed E-state index contributed by atoms with van der Waals surface area (Å²) in [7, 11) is 0. The van der Waals surface area contributed by atoms with Gasteiger partial charge in [0.1, 0.15) is 17.5 Å². The Hall–Kier alpha value is -3.11. The minimum Gasteiger partial charge on any atom is -0.485 e. The largest absolute Gasteiger partial charge is 0.485 e. The van der Waals surface area contributed by atoms with Gasteiger partial charge in [-0.15, -0.1) is 0 Å². The average Bonchev–Trinajstić information content (AvgIpc) is 2.57. The number of aliphatic hydroxyl groups excluding tert-OH is 1. The Kier molecular flexibility index (Phi) is 4.30. The number of rotatable bonds is 2. The third kappa shape index (κ3) is 3.07. The first-order chi connectivity index (χ1) is 12.2. The number of amides is 1. The van der Waals surface area contributed by atoms with E-state index in [0.29, 0.717) is 22.6 Å². The summed E-state index contributed by atoms with van der Waals surface area (Å²) in [6.45, 7) is 4.83. The molecule has 0 saturated carbocycles. The maximum absolute atomic E-state index is 12.5. The number of nitriles is 1. The first-order valence-electron chi connectivity index (χ1n) is 8.14. The number of fused-ring (bicyclic) bond motifs is 1. The van der Waals surface area contributed by atoms with E-state index in [1.54, 1.807) is 32.0 Å². The van der Waals surface area contributed by atoms with Gasteiger partial charge >= 0.3 is 0 Å². The van der Waals surface area contributed by atoms with Crippen molar-refractivity contribution in [1.82, 2.24) is 4.57 Å². The zero-order valence-corrected chi connectivity index (χ0v) is 14.7. The van der Waals surface area contributed by atoms with Gasteiger partial charge in [-0.25, -0.2) is 0 Å². The van der Waals surface area contributed by atoms with Gasteiger partial charge in [0.25, 0.3) is 5.56 Å². The number of ether oxygens (including phenoxy) is 1.